The highest BCUT2D eigenvalue weighted by Crippen LogP contribution is 2.39. The van der Waals surface area contributed by atoms with Crippen molar-refractivity contribution in [1.29, 1.82) is 0 Å². The van der Waals surface area contributed by atoms with E-state index in [1.807, 2.05) is 0 Å². The van der Waals surface area contributed by atoms with Gasteiger partial charge in [0.1, 0.15) is 5.82 Å². The zero-order chi connectivity index (χ0) is 16.6. The zero-order valence-corrected chi connectivity index (χ0v) is 13.6. The summed E-state index contributed by atoms with van der Waals surface area (Å²) in [6, 6.07) is 12.4. The average Bonchev–Trinajstić information content (AvgIpc) is 2.82. The Balaban J connectivity index is 2.00. The smallest absolute Gasteiger partial charge is 0.268 e. The van der Waals surface area contributed by atoms with Crippen LogP contribution in [0.3, 0.4) is 0 Å². The first-order valence-electron chi connectivity index (χ1n) is 6.76. The molecule has 1 aliphatic heterocycles. The number of hydrogen-bond acceptors (Lipinski definition) is 3. The number of halogens is 2. The quantitative estimate of drug-likeness (QED) is 0.708. The minimum atomic E-state index is -0.399. The molecule has 1 saturated heterocycles. The number of allylic oxidation sites excluding steroid dienone is 1. The lowest BCUT2D eigenvalue weighted by atomic mass is 10.1. The fourth-order valence-corrected chi connectivity index (χ4v) is 3.36. The molecule has 0 saturated carbocycles. The van der Waals surface area contributed by atoms with Crippen LogP contribution >= 0.6 is 23.4 Å². The van der Waals surface area contributed by atoms with Gasteiger partial charge in [-0.3, -0.25) is 9.59 Å². The number of benzene rings is 2. The predicted octanol–water partition coefficient (Wildman–Crippen LogP) is 5.11. The minimum Gasteiger partial charge on any atom is -0.268 e. The van der Waals surface area contributed by atoms with E-state index >= 15 is 0 Å². The third-order valence-electron chi connectivity index (χ3n) is 3.45. The molecular formula is C17H11ClFNO2S. The van der Waals surface area contributed by atoms with Gasteiger partial charge in [0.2, 0.25) is 0 Å². The molecule has 1 aliphatic rings. The lowest BCUT2D eigenvalue weighted by molar-refractivity contribution is -0.113. The first-order valence-corrected chi connectivity index (χ1v) is 7.95. The first kappa shape index (κ1) is 15.8. The van der Waals surface area contributed by atoms with Crippen LogP contribution in [0.15, 0.2) is 53.4 Å². The Morgan fingerprint density at radius 1 is 1.13 bits per heavy atom. The van der Waals surface area contributed by atoms with Crippen molar-refractivity contribution in [2.75, 3.05) is 4.90 Å². The van der Waals surface area contributed by atoms with E-state index in [4.69, 9.17) is 11.6 Å². The molecule has 6 heteroatoms. The van der Waals surface area contributed by atoms with E-state index in [-0.39, 0.29) is 11.1 Å². The van der Waals surface area contributed by atoms with E-state index in [1.165, 1.54) is 12.1 Å². The van der Waals surface area contributed by atoms with Crippen LogP contribution in [-0.4, -0.2) is 11.1 Å². The van der Waals surface area contributed by atoms with Gasteiger partial charge in [0.25, 0.3) is 11.1 Å². The normalized spacial score (nSPS) is 16.9. The molecule has 0 N–H and O–H groups in total. The van der Waals surface area contributed by atoms with Gasteiger partial charge < -0.3 is 0 Å². The largest absolute Gasteiger partial charge is 0.298 e. The fraction of sp³-hybridized carbons (Fsp3) is 0.0588. The van der Waals surface area contributed by atoms with Gasteiger partial charge in [-0.05, 0) is 60.2 Å². The second-order valence-corrected chi connectivity index (χ2v) is 6.35. The van der Waals surface area contributed by atoms with Crippen LogP contribution in [0, 0.1) is 5.82 Å². The number of thioether (sulfide) groups is 1. The van der Waals surface area contributed by atoms with Gasteiger partial charge in [-0.25, -0.2) is 9.29 Å². The summed E-state index contributed by atoms with van der Waals surface area (Å²) in [4.78, 5) is 26.3. The molecule has 0 radical (unpaired) electrons. The van der Waals surface area contributed by atoms with Gasteiger partial charge in [-0.1, -0.05) is 29.8 Å². The van der Waals surface area contributed by atoms with Crippen LogP contribution in [0.1, 0.15) is 12.5 Å². The molecule has 2 aromatic rings. The van der Waals surface area contributed by atoms with E-state index in [0.717, 1.165) is 16.7 Å². The molecule has 116 valence electrons. The molecule has 3 nitrogen and oxygen atoms in total. The van der Waals surface area contributed by atoms with Gasteiger partial charge in [-0.15, -0.1) is 0 Å². The molecule has 3 rings (SSSR count). The molecule has 1 fully saturated rings. The summed E-state index contributed by atoms with van der Waals surface area (Å²) in [5.41, 5.74) is 1.77. The summed E-state index contributed by atoms with van der Waals surface area (Å²) < 4.78 is 13.0. The Morgan fingerprint density at radius 3 is 2.48 bits per heavy atom. The maximum atomic E-state index is 13.0. The SMILES string of the molecule is C/C(=C1/SC(=O)N(c2cccc(Cl)c2)C1=O)c1ccc(F)cc1. The summed E-state index contributed by atoms with van der Waals surface area (Å²) in [5, 5.41) is 0.0644. The van der Waals surface area contributed by atoms with E-state index in [0.29, 0.717) is 26.8 Å². The van der Waals surface area contributed by atoms with E-state index in [2.05, 4.69) is 0 Å². The minimum absolute atomic E-state index is 0.335. The molecule has 0 aliphatic carbocycles. The number of carbonyl (C=O) groups is 2. The molecular weight excluding hydrogens is 337 g/mol. The van der Waals surface area contributed by atoms with Crippen molar-refractivity contribution in [2.24, 2.45) is 0 Å². The number of imide groups is 1. The predicted molar refractivity (Wildman–Crippen MR) is 90.9 cm³/mol. The summed E-state index contributed by atoms with van der Waals surface area (Å²) in [6.07, 6.45) is 0. The number of hydrogen-bond donors (Lipinski definition) is 0. The second kappa shape index (κ2) is 6.18. The third kappa shape index (κ3) is 3.02. The number of rotatable bonds is 2. The number of nitrogens with zero attached hydrogens (tertiary/aromatic N) is 1. The summed E-state index contributed by atoms with van der Waals surface area (Å²) >= 11 is 6.79. The lowest BCUT2D eigenvalue weighted by Gasteiger charge is -2.12. The lowest BCUT2D eigenvalue weighted by Crippen LogP contribution is -2.27. The van der Waals surface area contributed by atoms with Crippen molar-refractivity contribution in [3.8, 4) is 0 Å². The van der Waals surface area contributed by atoms with Gasteiger partial charge in [0.05, 0.1) is 10.6 Å². The van der Waals surface area contributed by atoms with E-state index < -0.39 is 5.91 Å². The summed E-state index contributed by atoms with van der Waals surface area (Å²) in [7, 11) is 0. The first-order chi connectivity index (χ1) is 11.0. The number of amides is 2. The number of anilines is 1. The zero-order valence-electron chi connectivity index (χ0n) is 12.0. The van der Waals surface area contributed by atoms with Gasteiger partial charge in [0, 0.05) is 5.02 Å². The van der Waals surface area contributed by atoms with Crippen molar-refractivity contribution >= 4 is 45.8 Å². The van der Waals surface area contributed by atoms with Crippen LogP contribution < -0.4 is 4.90 Å². The highest BCUT2D eigenvalue weighted by molar-refractivity contribution is 8.19. The molecule has 0 unspecified atom stereocenters. The Bertz CT molecular complexity index is 833. The van der Waals surface area contributed by atoms with E-state index in [9.17, 15) is 14.0 Å². The molecule has 0 spiro atoms. The van der Waals surface area contributed by atoms with Crippen LogP contribution in [-0.2, 0) is 4.79 Å². The fourth-order valence-electron chi connectivity index (χ4n) is 2.27. The Hall–Kier alpha value is -2.11. The monoisotopic (exact) mass is 347 g/mol. The average molecular weight is 348 g/mol. The molecule has 0 aromatic heterocycles. The maximum Gasteiger partial charge on any atom is 0.298 e. The molecule has 2 aromatic carbocycles. The van der Waals surface area contributed by atoms with Crippen LogP contribution in [0.5, 0.6) is 0 Å². The van der Waals surface area contributed by atoms with Crippen LogP contribution in [0.25, 0.3) is 5.57 Å². The van der Waals surface area contributed by atoms with Crippen molar-refractivity contribution < 1.29 is 14.0 Å². The van der Waals surface area contributed by atoms with Crippen LogP contribution in [0.4, 0.5) is 14.9 Å². The van der Waals surface area contributed by atoms with Gasteiger partial charge >= 0.3 is 0 Å². The molecule has 23 heavy (non-hydrogen) atoms. The second-order valence-electron chi connectivity index (χ2n) is 4.95. The van der Waals surface area contributed by atoms with Crippen molar-refractivity contribution in [2.45, 2.75) is 6.92 Å². The highest BCUT2D eigenvalue weighted by Gasteiger charge is 2.37. The van der Waals surface area contributed by atoms with E-state index in [1.54, 1.807) is 43.3 Å². The Morgan fingerprint density at radius 2 is 1.83 bits per heavy atom. The van der Waals surface area contributed by atoms with Crippen molar-refractivity contribution in [3.05, 3.63) is 69.8 Å². The topological polar surface area (TPSA) is 37.4 Å². The summed E-state index contributed by atoms with van der Waals surface area (Å²) in [6.45, 7) is 1.74. The molecule has 1 heterocycles. The molecule has 2 amide bonds. The highest BCUT2D eigenvalue weighted by atomic mass is 35.5. The molecule has 0 bridgehead atoms. The Kier molecular flexibility index (Phi) is 4.24. The Labute approximate surface area is 141 Å². The standard InChI is InChI=1S/C17H11ClFNO2S/c1-10(11-5-7-13(19)8-6-11)15-16(21)20(17(22)23-15)14-4-2-3-12(18)9-14/h2-9H,1H3/b15-10-. The summed E-state index contributed by atoms with van der Waals surface area (Å²) in [5.74, 6) is -0.752. The van der Waals surface area contributed by atoms with Crippen molar-refractivity contribution in [1.82, 2.24) is 0 Å². The molecule has 0 atom stereocenters. The number of carbonyl (C=O) groups excluding carboxylic acids is 2. The van der Waals surface area contributed by atoms with Gasteiger partial charge in [-0.2, -0.15) is 0 Å². The van der Waals surface area contributed by atoms with Crippen LogP contribution in [0.2, 0.25) is 5.02 Å². The third-order valence-corrected chi connectivity index (χ3v) is 4.73. The van der Waals surface area contributed by atoms with Gasteiger partial charge in [0.15, 0.2) is 0 Å². The maximum absolute atomic E-state index is 13.0. The van der Waals surface area contributed by atoms with Crippen molar-refractivity contribution in [3.63, 3.8) is 0 Å².